The fourth-order valence-electron chi connectivity index (χ4n) is 2.11. The molecule has 2 aliphatic rings. The summed E-state index contributed by atoms with van der Waals surface area (Å²) in [6.45, 7) is 3.97. The molecule has 1 aliphatic carbocycles. The normalized spacial score (nSPS) is 39.4. The monoisotopic (exact) mass is 154 g/mol. The van der Waals surface area contributed by atoms with Crippen LogP contribution in [0.4, 0.5) is 0 Å². The van der Waals surface area contributed by atoms with Crippen LogP contribution < -0.4 is 0 Å². The van der Waals surface area contributed by atoms with Gasteiger partial charge in [-0.1, -0.05) is 6.92 Å². The first-order chi connectivity index (χ1) is 5.32. The second kappa shape index (κ2) is 2.31. The zero-order valence-electron chi connectivity index (χ0n) is 6.88. The maximum Gasteiger partial charge on any atom is 0.123 e. The molecule has 1 saturated heterocycles. The topological polar surface area (TPSA) is 26.3 Å². The van der Waals surface area contributed by atoms with Gasteiger partial charge in [-0.2, -0.15) is 0 Å². The molecule has 0 unspecified atom stereocenters. The largest absolute Gasteiger partial charge is 0.380 e. The van der Waals surface area contributed by atoms with Crippen LogP contribution in [0.25, 0.3) is 0 Å². The van der Waals surface area contributed by atoms with Gasteiger partial charge in [0.2, 0.25) is 0 Å². The second-order valence-electron chi connectivity index (χ2n) is 3.85. The Morgan fingerprint density at radius 3 is 2.64 bits per heavy atom. The van der Waals surface area contributed by atoms with E-state index in [9.17, 15) is 4.79 Å². The van der Waals surface area contributed by atoms with Crippen LogP contribution in [-0.2, 0) is 9.53 Å². The molecule has 1 heterocycles. The van der Waals surface area contributed by atoms with E-state index < -0.39 is 0 Å². The minimum Gasteiger partial charge on any atom is -0.380 e. The zero-order chi connectivity index (χ0) is 7.90. The third-order valence-corrected chi connectivity index (χ3v) is 3.28. The van der Waals surface area contributed by atoms with E-state index >= 15 is 0 Å². The van der Waals surface area contributed by atoms with Crippen molar-refractivity contribution in [3.05, 3.63) is 0 Å². The van der Waals surface area contributed by atoms with Gasteiger partial charge in [-0.3, -0.25) is 0 Å². The van der Waals surface area contributed by atoms with Gasteiger partial charge in [-0.25, -0.2) is 0 Å². The van der Waals surface area contributed by atoms with Gasteiger partial charge in [0.05, 0.1) is 13.2 Å². The fraction of sp³-hybridized carbons (Fsp3) is 0.889. The first-order valence-corrected chi connectivity index (χ1v) is 4.35. The lowest BCUT2D eigenvalue weighted by molar-refractivity contribution is -0.133. The highest BCUT2D eigenvalue weighted by atomic mass is 16.5. The highest BCUT2D eigenvalue weighted by Gasteiger charge is 2.55. The van der Waals surface area contributed by atoms with E-state index in [0.717, 1.165) is 25.9 Å². The van der Waals surface area contributed by atoms with Crippen molar-refractivity contribution in [3.8, 4) is 0 Å². The number of ether oxygens (including phenoxy) is 1. The maximum atomic E-state index is 10.4. The summed E-state index contributed by atoms with van der Waals surface area (Å²) >= 11 is 0. The van der Waals surface area contributed by atoms with Crippen LogP contribution in [0.15, 0.2) is 0 Å². The van der Waals surface area contributed by atoms with Gasteiger partial charge >= 0.3 is 0 Å². The molecule has 0 radical (unpaired) electrons. The van der Waals surface area contributed by atoms with E-state index in [1.165, 1.54) is 6.42 Å². The number of rotatable bonds is 3. The van der Waals surface area contributed by atoms with Crippen molar-refractivity contribution in [3.63, 3.8) is 0 Å². The molecule has 0 aromatic rings. The zero-order valence-corrected chi connectivity index (χ0v) is 6.88. The highest BCUT2D eigenvalue weighted by molar-refractivity contribution is 5.58. The molecule has 0 aromatic heterocycles. The lowest BCUT2D eigenvalue weighted by Crippen LogP contribution is -2.44. The maximum absolute atomic E-state index is 10.4. The van der Waals surface area contributed by atoms with Crippen molar-refractivity contribution < 1.29 is 9.53 Å². The third kappa shape index (κ3) is 0.924. The predicted octanol–water partition coefficient (Wildman–Crippen LogP) is 1.25. The Morgan fingerprint density at radius 2 is 2.36 bits per heavy atom. The molecule has 2 fully saturated rings. The Hall–Kier alpha value is -0.370. The fourth-order valence-corrected chi connectivity index (χ4v) is 2.11. The summed E-state index contributed by atoms with van der Waals surface area (Å²) in [5, 5.41) is 0. The molecule has 2 nitrogen and oxygen atoms in total. The minimum absolute atomic E-state index is 0.360. The quantitative estimate of drug-likeness (QED) is 0.572. The summed E-state index contributed by atoms with van der Waals surface area (Å²) in [6, 6.07) is 0. The molecule has 2 atom stereocenters. The van der Waals surface area contributed by atoms with Gasteiger partial charge in [0.1, 0.15) is 6.29 Å². The number of hydrogen-bond acceptors (Lipinski definition) is 2. The van der Waals surface area contributed by atoms with Crippen molar-refractivity contribution >= 4 is 6.29 Å². The van der Waals surface area contributed by atoms with E-state index in [1.54, 1.807) is 0 Å². The molecule has 0 spiro atoms. The molecule has 0 amide bonds. The standard InChI is InChI=1S/C9H14O2/c1-2-9(5-11-6-9)8-3-7(8)4-10/h4,7-8H,2-3,5-6H2,1H3/t7-,8+/m1/s1. The summed E-state index contributed by atoms with van der Waals surface area (Å²) < 4.78 is 5.21. The Balaban J connectivity index is 1.98. The Bertz CT molecular complexity index is 167. The summed E-state index contributed by atoms with van der Waals surface area (Å²) in [6.07, 6.45) is 3.39. The lowest BCUT2D eigenvalue weighted by atomic mass is 9.77. The van der Waals surface area contributed by atoms with Gasteiger partial charge in [0.25, 0.3) is 0 Å². The average molecular weight is 154 g/mol. The SMILES string of the molecule is CCC1([C@H]2C[C@@H]2C=O)COC1. The van der Waals surface area contributed by atoms with E-state index in [-0.39, 0.29) is 0 Å². The van der Waals surface area contributed by atoms with E-state index in [2.05, 4.69) is 6.92 Å². The van der Waals surface area contributed by atoms with Crippen molar-refractivity contribution in [2.45, 2.75) is 19.8 Å². The molecular formula is C9H14O2. The van der Waals surface area contributed by atoms with Crippen molar-refractivity contribution in [2.24, 2.45) is 17.3 Å². The third-order valence-electron chi connectivity index (χ3n) is 3.28. The van der Waals surface area contributed by atoms with Crippen LogP contribution in [0.2, 0.25) is 0 Å². The number of hydrogen-bond donors (Lipinski definition) is 0. The van der Waals surface area contributed by atoms with Crippen LogP contribution in [0.1, 0.15) is 19.8 Å². The summed E-state index contributed by atoms with van der Waals surface area (Å²) in [5.41, 5.74) is 0.394. The Morgan fingerprint density at radius 1 is 1.64 bits per heavy atom. The van der Waals surface area contributed by atoms with Crippen molar-refractivity contribution in [1.29, 1.82) is 0 Å². The van der Waals surface area contributed by atoms with E-state index in [4.69, 9.17) is 4.74 Å². The van der Waals surface area contributed by atoms with Crippen molar-refractivity contribution in [2.75, 3.05) is 13.2 Å². The highest BCUT2D eigenvalue weighted by Crippen LogP contribution is 2.55. The first-order valence-electron chi connectivity index (χ1n) is 4.35. The predicted molar refractivity (Wildman–Crippen MR) is 41.2 cm³/mol. The first kappa shape index (κ1) is 7.29. The Labute approximate surface area is 66.9 Å². The van der Waals surface area contributed by atoms with Gasteiger partial charge in [-0.05, 0) is 18.8 Å². The van der Waals surface area contributed by atoms with Crippen LogP contribution >= 0.6 is 0 Å². The number of aldehydes is 1. The molecule has 1 saturated carbocycles. The summed E-state index contributed by atoms with van der Waals surface area (Å²) in [4.78, 5) is 10.4. The van der Waals surface area contributed by atoms with Gasteiger partial charge in [-0.15, -0.1) is 0 Å². The molecule has 0 N–H and O–H groups in total. The minimum atomic E-state index is 0.360. The summed E-state index contributed by atoms with van der Waals surface area (Å²) in [7, 11) is 0. The van der Waals surface area contributed by atoms with Gasteiger partial charge < -0.3 is 9.53 Å². The van der Waals surface area contributed by atoms with Gasteiger partial charge in [0.15, 0.2) is 0 Å². The van der Waals surface area contributed by atoms with Crippen LogP contribution in [0, 0.1) is 17.3 Å². The van der Waals surface area contributed by atoms with Crippen LogP contribution in [-0.4, -0.2) is 19.5 Å². The smallest absolute Gasteiger partial charge is 0.123 e. The molecular weight excluding hydrogens is 140 g/mol. The molecule has 11 heavy (non-hydrogen) atoms. The Kier molecular flexibility index (Phi) is 1.53. The van der Waals surface area contributed by atoms with Gasteiger partial charge in [0, 0.05) is 11.3 Å². The average Bonchev–Trinajstić information content (AvgIpc) is 2.67. The second-order valence-corrected chi connectivity index (χ2v) is 3.85. The van der Waals surface area contributed by atoms with Crippen LogP contribution in [0.5, 0.6) is 0 Å². The van der Waals surface area contributed by atoms with Crippen molar-refractivity contribution in [1.82, 2.24) is 0 Å². The van der Waals surface area contributed by atoms with Crippen LogP contribution in [0.3, 0.4) is 0 Å². The molecule has 0 bridgehead atoms. The van der Waals surface area contributed by atoms with E-state index in [0.29, 0.717) is 17.3 Å². The van der Waals surface area contributed by atoms with E-state index in [1.807, 2.05) is 0 Å². The molecule has 62 valence electrons. The molecule has 2 rings (SSSR count). The molecule has 0 aromatic carbocycles. The molecule has 1 aliphatic heterocycles. The lowest BCUT2D eigenvalue weighted by Gasteiger charge is -2.41. The number of carbonyl (C=O) groups excluding carboxylic acids is 1. The molecule has 2 heteroatoms. The number of carbonyl (C=O) groups is 1. The summed E-state index contributed by atoms with van der Waals surface area (Å²) in [5.74, 6) is 1.01.